The SMILES string of the molecule is O=c1c[n+]([O-])c2cc(Cl)cc(Cl)c2[nH]1. The standard InChI is InChI=1S/C8H4Cl2N2O2/c9-4-1-5(10)8-6(2-4)12(14)3-7(13)11-8/h1-3H,(H,11,13). The molecule has 0 saturated heterocycles. The molecule has 2 aromatic rings. The van der Waals surface area contributed by atoms with E-state index in [1.54, 1.807) is 0 Å². The highest BCUT2D eigenvalue weighted by atomic mass is 35.5. The maximum Gasteiger partial charge on any atom is 0.314 e. The third-order valence-electron chi connectivity index (χ3n) is 1.75. The quantitative estimate of drug-likeness (QED) is 0.551. The topological polar surface area (TPSA) is 59.8 Å². The van der Waals surface area contributed by atoms with E-state index in [4.69, 9.17) is 23.2 Å². The van der Waals surface area contributed by atoms with Gasteiger partial charge in [0.05, 0.1) is 5.02 Å². The number of halogens is 2. The second-order valence-electron chi connectivity index (χ2n) is 2.73. The summed E-state index contributed by atoms with van der Waals surface area (Å²) in [7, 11) is 0. The molecule has 0 aliphatic heterocycles. The van der Waals surface area contributed by atoms with Crippen molar-refractivity contribution >= 4 is 34.2 Å². The normalized spacial score (nSPS) is 10.7. The fourth-order valence-electron chi connectivity index (χ4n) is 1.19. The number of H-pyrrole nitrogens is 1. The fraction of sp³-hybridized carbons (Fsp3) is 0. The summed E-state index contributed by atoms with van der Waals surface area (Å²) >= 11 is 11.5. The van der Waals surface area contributed by atoms with E-state index in [9.17, 15) is 10.0 Å². The number of aromatic amines is 1. The van der Waals surface area contributed by atoms with Crippen LogP contribution in [0, 0.1) is 5.21 Å². The first-order valence-corrected chi connectivity index (χ1v) is 4.45. The molecular formula is C8H4Cl2N2O2. The molecule has 0 amide bonds. The summed E-state index contributed by atoms with van der Waals surface area (Å²) in [5.74, 6) is 0. The molecule has 0 fully saturated rings. The van der Waals surface area contributed by atoms with Gasteiger partial charge in [-0.25, -0.2) is 0 Å². The minimum Gasteiger partial charge on any atom is -0.618 e. The van der Waals surface area contributed by atoms with Crippen LogP contribution in [-0.2, 0) is 0 Å². The van der Waals surface area contributed by atoms with Crippen LogP contribution in [0.25, 0.3) is 11.0 Å². The molecule has 1 aromatic carbocycles. The summed E-state index contributed by atoms with van der Waals surface area (Å²) < 4.78 is 0.436. The van der Waals surface area contributed by atoms with Crippen LogP contribution in [0.2, 0.25) is 10.0 Å². The van der Waals surface area contributed by atoms with Crippen molar-refractivity contribution in [2.75, 3.05) is 0 Å². The highest BCUT2D eigenvalue weighted by Gasteiger charge is 2.10. The molecule has 0 spiro atoms. The highest BCUT2D eigenvalue weighted by Crippen LogP contribution is 2.23. The number of nitrogens with zero attached hydrogens (tertiary/aromatic N) is 1. The number of aromatic nitrogens is 2. The Bertz CT molecular complexity index is 565. The van der Waals surface area contributed by atoms with Crippen LogP contribution >= 0.6 is 23.2 Å². The van der Waals surface area contributed by atoms with Crippen LogP contribution in [0.15, 0.2) is 23.1 Å². The molecule has 1 N–H and O–H groups in total. The summed E-state index contributed by atoms with van der Waals surface area (Å²) in [6.45, 7) is 0. The number of fused-ring (bicyclic) bond motifs is 1. The Labute approximate surface area is 88.3 Å². The van der Waals surface area contributed by atoms with Crippen molar-refractivity contribution < 1.29 is 4.73 Å². The van der Waals surface area contributed by atoms with Gasteiger partial charge < -0.3 is 10.2 Å². The molecule has 0 saturated carbocycles. The van der Waals surface area contributed by atoms with Crippen LogP contribution in [-0.4, -0.2) is 4.98 Å². The van der Waals surface area contributed by atoms with Crippen LogP contribution in [0.3, 0.4) is 0 Å². The van der Waals surface area contributed by atoms with E-state index < -0.39 is 5.56 Å². The lowest BCUT2D eigenvalue weighted by Crippen LogP contribution is -2.32. The Morgan fingerprint density at radius 2 is 2.07 bits per heavy atom. The van der Waals surface area contributed by atoms with Gasteiger partial charge in [-0.1, -0.05) is 23.2 Å². The molecule has 1 heterocycles. The van der Waals surface area contributed by atoms with Crippen molar-refractivity contribution in [3.63, 3.8) is 0 Å². The molecule has 72 valence electrons. The predicted octanol–water partition coefficient (Wildman–Crippen LogP) is 1.47. The first-order chi connectivity index (χ1) is 6.58. The average molecular weight is 231 g/mol. The largest absolute Gasteiger partial charge is 0.618 e. The van der Waals surface area contributed by atoms with E-state index in [0.29, 0.717) is 15.3 Å². The Morgan fingerprint density at radius 1 is 1.36 bits per heavy atom. The predicted molar refractivity (Wildman–Crippen MR) is 53.5 cm³/mol. The van der Waals surface area contributed by atoms with Crippen molar-refractivity contribution in [2.24, 2.45) is 0 Å². The lowest BCUT2D eigenvalue weighted by molar-refractivity contribution is -0.578. The van der Waals surface area contributed by atoms with E-state index in [2.05, 4.69) is 4.98 Å². The van der Waals surface area contributed by atoms with Crippen LogP contribution in [0.1, 0.15) is 0 Å². The maximum atomic E-state index is 11.3. The van der Waals surface area contributed by atoms with Crippen molar-refractivity contribution in [1.82, 2.24) is 4.98 Å². The molecule has 0 aliphatic rings. The van der Waals surface area contributed by atoms with Gasteiger partial charge in [-0.3, -0.25) is 4.79 Å². The maximum absolute atomic E-state index is 11.3. The Balaban J connectivity index is 3.01. The van der Waals surface area contributed by atoms with Crippen molar-refractivity contribution in [2.45, 2.75) is 0 Å². The van der Waals surface area contributed by atoms with E-state index in [0.717, 1.165) is 6.20 Å². The molecule has 2 rings (SSSR count). The van der Waals surface area contributed by atoms with Crippen molar-refractivity contribution in [3.05, 3.63) is 43.9 Å². The lowest BCUT2D eigenvalue weighted by atomic mass is 10.3. The average Bonchev–Trinajstić information content (AvgIpc) is 2.07. The second-order valence-corrected chi connectivity index (χ2v) is 3.57. The zero-order valence-corrected chi connectivity index (χ0v) is 8.26. The summed E-state index contributed by atoms with van der Waals surface area (Å²) in [6.07, 6.45) is 0.884. The number of hydrogen-bond acceptors (Lipinski definition) is 2. The van der Waals surface area contributed by atoms with E-state index in [1.807, 2.05) is 0 Å². The Kier molecular flexibility index (Phi) is 2.09. The van der Waals surface area contributed by atoms with E-state index in [1.165, 1.54) is 12.1 Å². The van der Waals surface area contributed by atoms with E-state index in [-0.39, 0.29) is 10.5 Å². The van der Waals surface area contributed by atoms with Gasteiger partial charge in [-0.2, -0.15) is 4.73 Å². The summed E-state index contributed by atoms with van der Waals surface area (Å²) in [5.41, 5.74) is 0.0254. The van der Waals surface area contributed by atoms with Crippen LogP contribution in [0.5, 0.6) is 0 Å². The molecular weight excluding hydrogens is 227 g/mol. The molecule has 0 unspecified atom stereocenters. The van der Waals surface area contributed by atoms with Crippen molar-refractivity contribution in [1.29, 1.82) is 0 Å². The van der Waals surface area contributed by atoms with Gasteiger partial charge in [-0.15, -0.1) is 0 Å². The molecule has 0 radical (unpaired) electrons. The summed E-state index contributed by atoms with van der Waals surface area (Å²) in [5, 5.41) is 11.9. The molecule has 0 atom stereocenters. The van der Waals surface area contributed by atoms with Gasteiger partial charge in [0, 0.05) is 11.1 Å². The summed E-state index contributed by atoms with van der Waals surface area (Å²) in [4.78, 5) is 13.4. The van der Waals surface area contributed by atoms with Gasteiger partial charge in [0.15, 0.2) is 0 Å². The van der Waals surface area contributed by atoms with Gasteiger partial charge in [0.2, 0.25) is 11.7 Å². The third kappa shape index (κ3) is 1.42. The molecule has 4 nitrogen and oxygen atoms in total. The first kappa shape index (κ1) is 9.30. The minimum atomic E-state index is -0.503. The number of benzene rings is 1. The lowest BCUT2D eigenvalue weighted by Gasteiger charge is -2.02. The first-order valence-electron chi connectivity index (χ1n) is 3.69. The number of nitrogens with one attached hydrogen (secondary N) is 1. The Hall–Kier alpha value is -1.26. The number of hydrogen-bond donors (Lipinski definition) is 1. The van der Waals surface area contributed by atoms with Crippen LogP contribution in [0.4, 0.5) is 0 Å². The molecule has 6 heteroatoms. The molecule has 14 heavy (non-hydrogen) atoms. The third-order valence-corrected chi connectivity index (χ3v) is 2.27. The van der Waals surface area contributed by atoms with E-state index >= 15 is 0 Å². The Morgan fingerprint density at radius 3 is 2.79 bits per heavy atom. The molecule has 0 aliphatic carbocycles. The van der Waals surface area contributed by atoms with Crippen LogP contribution < -0.4 is 10.3 Å². The molecule has 0 bridgehead atoms. The van der Waals surface area contributed by atoms with Crippen molar-refractivity contribution in [3.8, 4) is 0 Å². The minimum absolute atomic E-state index is 0.238. The van der Waals surface area contributed by atoms with Gasteiger partial charge in [0.1, 0.15) is 5.52 Å². The highest BCUT2D eigenvalue weighted by molar-refractivity contribution is 6.37. The summed E-state index contributed by atoms with van der Waals surface area (Å²) in [6, 6.07) is 2.90. The zero-order valence-electron chi connectivity index (χ0n) is 6.75. The van der Waals surface area contributed by atoms with Gasteiger partial charge in [0.25, 0.3) is 0 Å². The van der Waals surface area contributed by atoms with Gasteiger partial charge in [-0.05, 0) is 6.07 Å². The number of rotatable bonds is 0. The zero-order chi connectivity index (χ0) is 10.3. The molecule has 1 aromatic heterocycles. The fourth-order valence-corrected chi connectivity index (χ4v) is 1.72. The second kappa shape index (κ2) is 3.15. The smallest absolute Gasteiger partial charge is 0.314 e. The monoisotopic (exact) mass is 230 g/mol. The van der Waals surface area contributed by atoms with Gasteiger partial charge >= 0.3 is 5.56 Å².